The summed E-state index contributed by atoms with van der Waals surface area (Å²) in [6, 6.07) is 160. The number of benzene rings is 21. The van der Waals surface area contributed by atoms with E-state index in [4.69, 9.17) is 29.9 Å². The number of nitrogens with zero attached hydrogens (tertiary/aromatic N) is 10. The van der Waals surface area contributed by atoms with Gasteiger partial charge in [0.2, 0.25) is 11.9 Å². The van der Waals surface area contributed by atoms with Crippen LogP contribution in [0.4, 0.5) is 0 Å². The van der Waals surface area contributed by atoms with E-state index in [0.717, 1.165) is 127 Å². The van der Waals surface area contributed by atoms with Gasteiger partial charge in [-0.2, -0.15) is 19.9 Å². The summed E-state index contributed by atoms with van der Waals surface area (Å²) in [6.07, 6.45) is 0. The van der Waals surface area contributed by atoms with E-state index >= 15 is 0 Å². The molecule has 0 atom stereocenters. The van der Waals surface area contributed by atoms with Gasteiger partial charge in [-0.05, 0) is 213 Å². The molecule has 0 amide bonds. The summed E-state index contributed by atoms with van der Waals surface area (Å²) in [5.41, 5.74) is 21.5. The highest BCUT2D eigenvalue weighted by Gasteiger charge is 2.25. The number of fused-ring (bicyclic) bond motifs is 24. The fourth-order valence-corrected chi connectivity index (χ4v) is 20.3. The zero-order valence-corrected chi connectivity index (χ0v) is 70.2. The van der Waals surface area contributed by atoms with Gasteiger partial charge >= 0.3 is 0 Å². The SMILES string of the molecule is c1ccc(-c2ccc3c(c2)c2ccccc2n3-c2nc(-c3ccc4c5ccccc5c5ccccc5c4c3)nc(-c3ccc4c(c3)c3ccccc3n4-c3ccccc3)n2)cc1.c1ccc(-c2ccc3c(c2)c2ccccc2n3-c2nc(-c3cccc(-c4ccc5c6ccccc6n(-c6ccccc6)c5c4)c3)nc(-c3ccc4c5ccccc5c5ccccc5c4c3)n2)cc1. The molecule has 0 aliphatic rings. The standard InChI is InChI=1S/C63H39N5.C57H35N5/c1-3-16-40(17-4-1)42-32-35-59-56(37-42)53-27-12-14-29-58(53)68(59)63-65-61(64-62(66-63)45-31-33-51-49-24-8-7-22-47(49)48-23-9-10-25-50(48)55(51)38-45)44-19-15-18-41(36-44)43-30-34-54-52-26-11-13-28-57(52)67(60(54)39-43)46-20-5-2-6-21-46;1-3-15-36(16-4-1)37-28-31-54-49(33-37)47-24-12-14-26-52(47)62(54)57-59-55(38-27-30-45-43-21-8-7-19-41(43)42-20-9-10-22-44(42)48(45)34-38)58-56(60-57)39-29-32-53-50(35-39)46-23-11-13-25-51(46)61(53)40-17-5-2-6-18-40/h1-39H;1-35H. The first-order chi connectivity index (χ1) is 64.5. The predicted octanol–water partition coefficient (Wildman–Crippen LogP) is 30.7. The van der Waals surface area contributed by atoms with Gasteiger partial charge in [-0.15, -0.1) is 0 Å². The summed E-state index contributed by atoms with van der Waals surface area (Å²) in [5, 5.41) is 23.9. The maximum Gasteiger partial charge on any atom is 0.238 e. The topological polar surface area (TPSA) is 97.1 Å². The van der Waals surface area contributed by atoms with Gasteiger partial charge in [-0.1, -0.05) is 334 Å². The molecule has 10 heteroatoms. The summed E-state index contributed by atoms with van der Waals surface area (Å²) in [6.45, 7) is 0. The Balaban J connectivity index is 0.000000137. The maximum absolute atomic E-state index is 5.41. The van der Waals surface area contributed by atoms with Crippen molar-refractivity contribution in [3.63, 3.8) is 0 Å². The third kappa shape index (κ3) is 12.1. The Kier molecular flexibility index (Phi) is 17.1. The van der Waals surface area contributed by atoms with E-state index in [2.05, 4.69) is 467 Å². The lowest BCUT2D eigenvalue weighted by Crippen LogP contribution is -2.06. The molecule has 0 fully saturated rings. The fourth-order valence-electron chi connectivity index (χ4n) is 20.3. The van der Waals surface area contributed by atoms with Crippen molar-refractivity contribution in [2.75, 3.05) is 0 Å². The minimum Gasteiger partial charge on any atom is -0.309 e. The smallest absolute Gasteiger partial charge is 0.238 e. The van der Waals surface area contributed by atoms with Crippen LogP contribution in [0.2, 0.25) is 0 Å². The Morgan fingerprint density at radius 1 is 0.115 bits per heavy atom. The number of aromatic nitrogens is 10. The summed E-state index contributed by atoms with van der Waals surface area (Å²) in [4.78, 5) is 32.3. The summed E-state index contributed by atoms with van der Waals surface area (Å²) < 4.78 is 9.12. The molecule has 0 radical (unpaired) electrons. The van der Waals surface area contributed by atoms with Crippen molar-refractivity contribution >= 4 is 152 Å². The van der Waals surface area contributed by atoms with Crippen molar-refractivity contribution in [3.8, 4) is 102 Å². The zero-order valence-electron chi connectivity index (χ0n) is 70.2. The van der Waals surface area contributed by atoms with Gasteiger partial charge in [0.05, 0.1) is 44.1 Å². The molecule has 0 unspecified atom stereocenters. The van der Waals surface area contributed by atoms with Crippen molar-refractivity contribution in [3.05, 3.63) is 449 Å². The maximum atomic E-state index is 5.41. The van der Waals surface area contributed by atoms with Gasteiger partial charge in [0, 0.05) is 76.7 Å². The molecule has 0 N–H and O–H groups in total. The Bertz CT molecular complexity index is 9240. The number of hydrogen-bond acceptors (Lipinski definition) is 6. The lowest BCUT2D eigenvalue weighted by molar-refractivity contribution is 0.953. The molecular weight excluding hydrogens is 1580 g/mol. The first-order valence-corrected chi connectivity index (χ1v) is 44.1. The van der Waals surface area contributed by atoms with E-state index in [0.29, 0.717) is 35.2 Å². The molecule has 0 spiro atoms. The third-order valence-electron chi connectivity index (χ3n) is 26.3. The molecule has 21 aromatic carbocycles. The van der Waals surface area contributed by atoms with E-state index in [9.17, 15) is 0 Å². The molecule has 0 bridgehead atoms. The average Bonchev–Trinajstić information content (AvgIpc) is 1.71. The van der Waals surface area contributed by atoms with Crippen LogP contribution in [-0.2, 0) is 0 Å². The predicted molar refractivity (Wildman–Crippen MR) is 540 cm³/mol. The highest BCUT2D eigenvalue weighted by Crippen LogP contribution is 2.45. The molecular formula is C120H74N10. The van der Waals surface area contributed by atoms with E-state index in [1.807, 2.05) is 0 Å². The van der Waals surface area contributed by atoms with Gasteiger partial charge in [0.25, 0.3) is 0 Å². The number of para-hydroxylation sites is 6. The van der Waals surface area contributed by atoms with Crippen molar-refractivity contribution in [2.24, 2.45) is 0 Å². The minimum absolute atomic E-state index is 0.561. The van der Waals surface area contributed by atoms with Crippen molar-refractivity contribution in [1.29, 1.82) is 0 Å². The largest absolute Gasteiger partial charge is 0.309 e. The van der Waals surface area contributed by atoms with Crippen LogP contribution in [-0.4, -0.2) is 48.2 Å². The van der Waals surface area contributed by atoms with E-state index in [-0.39, 0.29) is 0 Å². The second kappa shape index (κ2) is 30.1. The van der Waals surface area contributed by atoms with Crippen LogP contribution in [0.1, 0.15) is 0 Å². The monoisotopic (exact) mass is 1650 g/mol. The van der Waals surface area contributed by atoms with Gasteiger partial charge in [-0.25, -0.2) is 9.97 Å². The van der Waals surface area contributed by atoms with E-state index in [1.54, 1.807) is 0 Å². The summed E-state index contributed by atoms with van der Waals surface area (Å²) in [7, 11) is 0. The molecule has 27 rings (SSSR count). The lowest BCUT2D eigenvalue weighted by Gasteiger charge is -2.14. The summed E-state index contributed by atoms with van der Waals surface area (Å²) >= 11 is 0. The molecule has 10 nitrogen and oxygen atoms in total. The van der Waals surface area contributed by atoms with Crippen LogP contribution < -0.4 is 0 Å². The normalized spacial score (nSPS) is 11.8. The molecule has 0 aliphatic heterocycles. The number of rotatable bonds is 11. The second-order valence-electron chi connectivity index (χ2n) is 33.6. The van der Waals surface area contributed by atoms with Gasteiger partial charge in [0.15, 0.2) is 23.3 Å². The van der Waals surface area contributed by atoms with Gasteiger partial charge < -0.3 is 9.13 Å². The minimum atomic E-state index is 0.561. The average molecular weight is 1660 g/mol. The van der Waals surface area contributed by atoms with Crippen molar-refractivity contribution in [2.45, 2.75) is 0 Å². The van der Waals surface area contributed by atoms with E-state index < -0.39 is 0 Å². The van der Waals surface area contributed by atoms with Crippen LogP contribution >= 0.6 is 0 Å². The number of hydrogen-bond donors (Lipinski definition) is 0. The highest BCUT2D eigenvalue weighted by molar-refractivity contribution is 6.27. The summed E-state index contributed by atoms with van der Waals surface area (Å²) in [5.74, 6) is 3.56. The fraction of sp³-hybridized carbons (Fsp3) is 0. The van der Waals surface area contributed by atoms with Crippen LogP contribution in [0.15, 0.2) is 449 Å². The molecule has 130 heavy (non-hydrogen) atoms. The Morgan fingerprint density at radius 3 is 0.738 bits per heavy atom. The Morgan fingerprint density at radius 2 is 0.338 bits per heavy atom. The van der Waals surface area contributed by atoms with Crippen molar-refractivity contribution < 1.29 is 0 Å². The Hall–Kier alpha value is -17.6. The highest BCUT2D eigenvalue weighted by atomic mass is 15.2. The Labute approximate surface area is 746 Å². The quantitative estimate of drug-likeness (QED) is 0.120. The molecule has 0 saturated carbocycles. The first kappa shape index (κ1) is 73.9. The molecule has 0 aliphatic carbocycles. The molecule has 604 valence electrons. The zero-order chi connectivity index (χ0) is 85.4. The van der Waals surface area contributed by atoms with E-state index in [1.165, 1.54) is 92.1 Å². The van der Waals surface area contributed by atoms with Gasteiger partial charge in [-0.3, -0.25) is 9.13 Å². The van der Waals surface area contributed by atoms with Crippen LogP contribution in [0.5, 0.6) is 0 Å². The second-order valence-corrected chi connectivity index (χ2v) is 33.6. The lowest BCUT2D eigenvalue weighted by atomic mass is 9.93. The van der Waals surface area contributed by atoms with Crippen molar-refractivity contribution in [1.82, 2.24) is 48.2 Å². The molecule has 6 heterocycles. The van der Waals surface area contributed by atoms with Crippen LogP contribution in [0, 0.1) is 0 Å². The molecule has 6 aromatic heterocycles. The van der Waals surface area contributed by atoms with Crippen LogP contribution in [0.3, 0.4) is 0 Å². The molecule has 0 saturated heterocycles. The molecule has 27 aromatic rings. The first-order valence-electron chi connectivity index (χ1n) is 44.1. The van der Waals surface area contributed by atoms with Gasteiger partial charge in [0.1, 0.15) is 0 Å². The van der Waals surface area contributed by atoms with Crippen LogP contribution in [0.25, 0.3) is 254 Å². The third-order valence-corrected chi connectivity index (χ3v) is 26.3.